The highest BCUT2D eigenvalue weighted by Crippen LogP contribution is 2.11. The molecule has 2 fully saturated rings. The van der Waals surface area contributed by atoms with Crippen LogP contribution < -0.4 is 0 Å². The first-order valence-electron chi connectivity index (χ1n) is 3.98. The maximum atomic E-state index is 11.0. The Morgan fingerprint density at radius 3 is 1.83 bits per heavy atom. The first-order chi connectivity index (χ1) is 5.84. The number of rotatable bonds is 4. The number of hydrogen-bond donors (Lipinski definition) is 0. The lowest BCUT2D eigenvalue weighted by atomic mass is 10.3. The first kappa shape index (κ1) is 7.71. The van der Waals surface area contributed by atoms with Crippen LogP contribution in [0.15, 0.2) is 24.3 Å². The summed E-state index contributed by atoms with van der Waals surface area (Å²) < 4.78 is 9.82. The van der Waals surface area contributed by atoms with E-state index >= 15 is 0 Å². The molecule has 0 aromatic carbocycles. The fourth-order valence-electron chi connectivity index (χ4n) is 0.793. The summed E-state index contributed by atoms with van der Waals surface area (Å²) in [4.78, 5) is 11.0. The molecule has 0 aromatic heterocycles. The predicted octanol–water partition coefficient (Wildman–Crippen LogP) is 0.465. The predicted molar refractivity (Wildman–Crippen MR) is 42.8 cm³/mol. The van der Waals surface area contributed by atoms with Gasteiger partial charge in [0.1, 0.15) is 0 Å². The third-order valence-corrected chi connectivity index (χ3v) is 1.67. The van der Waals surface area contributed by atoms with Crippen LogP contribution in [0.5, 0.6) is 0 Å². The standard InChI is InChI=1S/C9H10O3/c10-7(1-3-8-5-11-8)2-4-9-6-12-9/h1-4,8-9H,5-6H2. The van der Waals surface area contributed by atoms with E-state index in [0.717, 1.165) is 13.2 Å². The van der Waals surface area contributed by atoms with Crippen molar-refractivity contribution < 1.29 is 14.3 Å². The lowest BCUT2D eigenvalue weighted by Crippen LogP contribution is -1.88. The second kappa shape index (κ2) is 3.21. The zero-order valence-corrected chi connectivity index (χ0v) is 6.60. The summed E-state index contributed by atoms with van der Waals surface area (Å²) in [5.74, 6) is 0.000926. The molecule has 2 saturated heterocycles. The molecule has 2 atom stereocenters. The largest absolute Gasteiger partial charge is 0.369 e. The smallest absolute Gasteiger partial charge is 0.178 e. The van der Waals surface area contributed by atoms with Gasteiger partial charge < -0.3 is 9.47 Å². The molecule has 0 aromatic rings. The molecule has 0 radical (unpaired) electrons. The number of epoxide rings is 2. The normalized spacial score (nSPS) is 33.0. The van der Waals surface area contributed by atoms with Crippen molar-refractivity contribution in [2.45, 2.75) is 12.2 Å². The molecule has 12 heavy (non-hydrogen) atoms. The van der Waals surface area contributed by atoms with Gasteiger partial charge in [-0.25, -0.2) is 0 Å². The van der Waals surface area contributed by atoms with Crippen LogP contribution >= 0.6 is 0 Å². The summed E-state index contributed by atoms with van der Waals surface area (Å²) in [5, 5.41) is 0. The van der Waals surface area contributed by atoms with Gasteiger partial charge in [0, 0.05) is 0 Å². The van der Waals surface area contributed by atoms with Crippen molar-refractivity contribution in [3.63, 3.8) is 0 Å². The van der Waals surface area contributed by atoms with Crippen LogP contribution in [0.25, 0.3) is 0 Å². The van der Waals surface area contributed by atoms with E-state index in [-0.39, 0.29) is 18.0 Å². The molecule has 0 amide bonds. The molecule has 2 aliphatic heterocycles. The van der Waals surface area contributed by atoms with E-state index in [1.807, 2.05) is 0 Å². The van der Waals surface area contributed by atoms with Crippen LogP contribution in [0.3, 0.4) is 0 Å². The molecule has 3 nitrogen and oxygen atoms in total. The van der Waals surface area contributed by atoms with Crippen molar-refractivity contribution in [1.29, 1.82) is 0 Å². The third-order valence-electron chi connectivity index (χ3n) is 1.67. The van der Waals surface area contributed by atoms with E-state index in [9.17, 15) is 4.79 Å². The molecular formula is C9H10O3. The number of carbonyl (C=O) groups is 1. The van der Waals surface area contributed by atoms with Crippen molar-refractivity contribution in [3.05, 3.63) is 24.3 Å². The molecule has 2 rings (SSSR count). The Balaban J connectivity index is 1.74. The molecule has 3 heteroatoms. The van der Waals surface area contributed by atoms with Gasteiger partial charge in [-0.2, -0.15) is 0 Å². The molecular weight excluding hydrogens is 156 g/mol. The topological polar surface area (TPSA) is 42.1 Å². The van der Waals surface area contributed by atoms with Gasteiger partial charge in [-0.1, -0.05) is 0 Å². The summed E-state index contributed by atoms with van der Waals surface area (Å²) >= 11 is 0. The number of ketones is 1. The minimum Gasteiger partial charge on any atom is -0.369 e. The van der Waals surface area contributed by atoms with Crippen LogP contribution in [0.2, 0.25) is 0 Å². The fraction of sp³-hybridized carbons (Fsp3) is 0.444. The average Bonchev–Trinajstić information content (AvgIpc) is 2.89. The lowest BCUT2D eigenvalue weighted by Gasteiger charge is -1.80. The Bertz CT molecular complexity index is 210. The van der Waals surface area contributed by atoms with E-state index in [1.54, 1.807) is 12.2 Å². The van der Waals surface area contributed by atoms with Gasteiger partial charge in [0.05, 0.1) is 25.4 Å². The maximum absolute atomic E-state index is 11.0. The van der Waals surface area contributed by atoms with Crippen LogP contribution in [0.4, 0.5) is 0 Å². The minimum absolute atomic E-state index is 0.000926. The number of ether oxygens (including phenoxy) is 2. The second-order valence-corrected chi connectivity index (χ2v) is 2.86. The van der Waals surface area contributed by atoms with Gasteiger partial charge in [-0.15, -0.1) is 0 Å². The highest BCUT2D eigenvalue weighted by molar-refractivity contribution is 5.99. The maximum Gasteiger partial charge on any atom is 0.178 e. The van der Waals surface area contributed by atoms with Gasteiger partial charge in [-0.3, -0.25) is 4.79 Å². The van der Waals surface area contributed by atoms with Gasteiger partial charge >= 0.3 is 0 Å². The Morgan fingerprint density at radius 1 is 1.08 bits per heavy atom. The van der Waals surface area contributed by atoms with Gasteiger partial charge in [0.25, 0.3) is 0 Å². The average molecular weight is 166 g/mol. The monoisotopic (exact) mass is 166 g/mol. The third kappa shape index (κ3) is 2.60. The summed E-state index contributed by atoms with van der Waals surface area (Å²) in [6.45, 7) is 1.50. The number of allylic oxidation sites excluding steroid dienone is 2. The minimum atomic E-state index is 0.000926. The van der Waals surface area contributed by atoms with Crippen LogP contribution in [-0.4, -0.2) is 31.2 Å². The lowest BCUT2D eigenvalue weighted by molar-refractivity contribution is -0.110. The molecule has 0 saturated carbocycles. The molecule has 2 unspecified atom stereocenters. The van der Waals surface area contributed by atoms with E-state index in [4.69, 9.17) is 9.47 Å². The van der Waals surface area contributed by atoms with Gasteiger partial charge in [-0.05, 0) is 24.3 Å². The van der Waals surface area contributed by atoms with Crippen molar-refractivity contribution >= 4 is 5.78 Å². The SMILES string of the molecule is O=C(C=CC1CO1)C=CC1CO1. The Morgan fingerprint density at radius 2 is 1.50 bits per heavy atom. The molecule has 0 spiro atoms. The van der Waals surface area contributed by atoms with Crippen LogP contribution in [-0.2, 0) is 14.3 Å². The second-order valence-electron chi connectivity index (χ2n) is 2.86. The molecule has 2 aliphatic rings. The number of hydrogen-bond acceptors (Lipinski definition) is 3. The highest BCUT2D eigenvalue weighted by Gasteiger charge is 2.19. The fourth-order valence-corrected chi connectivity index (χ4v) is 0.793. The van der Waals surface area contributed by atoms with E-state index in [0.29, 0.717) is 0 Å². The van der Waals surface area contributed by atoms with Crippen molar-refractivity contribution in [2.75, 3.05) is 13.2 Å². The quantitative estimate of drug-likeness (QED) is 0.450. The summed E-state index contributed by atoms with van der Waals surface area (Å²) in [7, 11) is 0. The van der Waals surface area contributed by atoms with Gasteiger partial charge in [0.2, 0.25) is 0 Å². The summed E-state index contributed by atoms with van der Waals surface area (Å²) in [6, 6.07) is 0. The van der Waals surface area contributed by atoms with Crippen molar-refractivity contribution in [3.8, 4) is 0 Å². The Hall–Kier alpha value is -0.930. The molecule has 0 aliphatic carbocycles. The molecule has 0 bridgehead atoms. The molecule has 0 N–H and O–H groups in total. The zero-order chi connectivity index (χ0) is 8.39. The van der Waals surface area contributed by atoms with Crippen LogP contribution in [0, 0.1) is 0 Å². The molecule has 64 valence electrons. The first-order valence-corrected chi connectivity index (χ1v) is 3.98. The number of carbonyl (C=O) groups excluding carboxylic acids is 1. The highest BCUT2D eigenvalue weighted by atomic mass is 16.6. The Kier molecular flexibility index (Phi) is 2.06. The van der Waals surface area contributed by atoms with Crippen LogP contribution in [0.1, 0.15) is 0 Å². The van der Waals surface area contributed by atoms with Crippen molar-refractivity contribution in [1.82, 2.24) is 0 Å². The van der Waals surface area contributed by atoms with E-state index < -0.39 is 0 Å². The van der Waals surface area contributed by atoms with E-state index in [1.165, 1.54) is 12.2 Å². The summed E-state index contributed by atoms with van der Waals surface area (Å²) in [6.07, 6.45) is 6.99. The molecule has 2 heterocycles. The van der Waals surface area contributed by atoms with Gasteiger partial charge in [0.15, 0.2) is 5.78 Å². The van der Waals surface area contributed by atoms with E-state index in [2.05, 4.69) is 0 Å². The summed E-state index contributed by atoms with van der Waals surface area (Å²) in [5.41, 5.74) is 0. The Labute approximate surface area is 70.7 Å². The van der Waals surface area contributed by atoms with Crippen molar-refractivity contribution in [2.24, 2.45) is 0 Å². The zero-order valence-electron chi connectivity index (χ0n) is 6.60.